The van der Waals surface area contributed by atoms with E-state index in [1.54, 1.807) is 12.1 Å². The van der Waals surface area contributed by atoms with Gasteiger partial charge in [0.15, 0.2) is 12.6 Å². The molecule has 2 rings (SSSR count). The van der Waals surface area contributed by atoms with Gasteiger partial charge in [-0.3, -0.25) is 4.79 Å². The van der Waals surface area contributed by atoms with Crippen LogP contribution in [0, 0.1) is 0 Å². The monoisotopic (exact) mass is 414 g/mol. The number of rotatable bonds is 8. The van der Waals surface area contributed by atoms with Gasteiger partial charge >= 0.3 is 6.18 Å². The third-order valence-electron chi connectivity index (χ3n) is 4.48. The van der Waals surface area contributed by atoms with Gasteiger partial charge in [-0.05, 0) is 37.5 Å². The molecule has 0 bridgehead atoms. The Hall–Kier alpha value is -2.45. The van der Waals surface area contributed by atoms with Crippen molar-refractivity contribution in [1.29, 1.82) is 0 Å². The molecule has 0 aromatic heterocycles. The third-order valence-corrected chi connectivity index (χ3v) is 4.48. The van der Waals surface area contributed by atoms with Gasteiger partial charge in [0.25, 0.3) is 0 Å². The van der Waals surface area contributed by atoms with Gasteiger partial charge < -0.3 is 20.7 Å². The number of benzene rings is 1. The van der Waals surface area contributed by atoms with Crippen molar-refractivity contribution in [3.05, 3.63) is 29.8 Å². The minimum atomic E-state index is -4.36. The summed E-state index contributed by atoms with van der Waals surface area (Å²) in [5, 5.41) is 9.12. The third kappa shape index (κ3) is 9.54. The van der Waals surface area contributed by atoms with Crippen LogP contribution in [0.15, 0.2) is 29.3 Å². The van der Waals surface area contributed by atoms with E-state index in [2.05, 4.69) is 25.7 Å². The van der Waals surface area contributed by atoms with Crippen LogP contribution in [-0.4, -0.2) is 43.8 Å². The van der Waals surface area contributed by atoms with Crippen molar-refractivity contribution in [3.8, 4) is 5.75 Å². The van der Waals surface area contributed by atoms with Crippen molar-refractivity contribution in [1.82, 2.24) is 16.0 Å². The molecule has 0 radical (unpaired) electrons. The number of hydrogen-bond acceptors (Lipinski definition) is 3. The van der Waals surface area contributed by atoms with Crippen LogP contribution in [0.2, 0.25) is 0 Å². The molecule has 9 heteroatoms. The van der Waals surface area contributed by atoms with Crippen molar-refractivity contribution in [2.75, 3.05) is 19.7 Å². The number of guanidine groups is 1. The highest BCUT2D eigenvalue weighted by Gasteiger charge is 2.28. The zero-order valence-corrected chi connectivity index (χ0v) is 16.6. The van der Waals surface area contributed by atoms with E-state index in [0.29, 0.717) is 19.0 Å². The normalized spacial score (nSPS) is 15.7. The molecule has 1 aromatic carbocycles. The SMILES string of the molecule is CCNC(=NCc1ccc(OCC(F)(F)F)cc1)NCC(=O)NC1CCCCC1. The molecule has 1 aromatic rings. The van der Waals surface area contributed by atoms with Crippen molar-refractivity contribution in [3.63, 3.8) is 0 Å². The first kappa shape index (κ1) is 22.8. The Morgan fingerprint density at radius 1 is 1.14 bits per heavy atom. The molecule has 0 spiro atoms. The highest BCUT2D eigenvalue weighted by Crippen LogP contribution is 2.19. The summed E-state index contributed by atoms with van der Waals surface area (Å²) in [5.74, 6) is 0.594. The summed E-state index contributed by atoms with van der Waals surface area (Å²) in [7, 11) is 0. The van der Waals surface area contributed by atoms with Crippen LogP contribution < -0.4 is 20.7 Å². The van der Waals surface area contributed by atoms with Gasteiger partial charge in [0, 0.05) is 12.6 Å². The molecule has 6 nitrogen and oxygen atoms in total. The lowest BCUT2D eigenvalue weighted by molar-refractivity contribution is -0.153. The summed E-state index contributed by atoms with van der Waals surface area (Å²) in [4.78, 5) is 16.5. The van der Waals surface area contributed by atoms with E-state index in [-0.39, 0.29) is 24.2 Å². The Kier molecular flexibility index (Phi) is 9.08. The van der Waals surface area contributed by atoms with E-state index >= 15 is 0 Å². The number of nitrogens with one attached hydrogen (secondary N) is 3. The second kappa shape index (κ2) is 11.5. The summed E-state index contributed by atoms with van der Waals surface area (Å²) in [6.45, 7) is 1.69. The van der Waals surface area contributed by atoms with E-state index in [4.69, 9.17) is 0 Å². The van der Waals surface area contributed by atoms with E-state index in [1.165, 1.54) is 18.6 Å². The molecule has 0 heterocycles. The molecule has 0 atom stereocenters. The quantitative estimate of drug-likeness (QED) is 0.451. The number of aliphatic imine (C=N–C) groups is 1. The highest BCUT2D eigenvalue weighted by molar-refractivity contribution is 5.86. The summed E-state index contributed by atoms with van der Waals surface area (Å²) in [6, 6.07) is 6.54. The lowest BCUT2D eigenvalue weighted by atomic mass is 9.95. The first-order valence-corrected chi connectivity index (χ1v) is 9.96. The molecule has 1 saturated carbocycles. The first-order valence-electron chi connectivity index (χ1n) is 9.96. The molecule has 29 heavy (non-hydrogen) atoms. The minimum Gasteiger partial charge on any atom is -0.484 e. The maximum Gasteiger partial charge on any atom is 0.422 e. The molecule has 1 aliphatic carbocycles. The fourth-order valence-electron chi connectivity index (χ4n) is 3.06. The Bertz CT molecular complexity index is 657. The molecule has 3 N–H and O–H groups in total. The summed E-state index contributed by atoms with van der Waals surface area (Å²) in [5.41, 5.74) is 0.813. The number of amides is 1. The predicted molar refractivity (Wildman–Crippen MR) is 106 cm³/mol. The highest BCUT2D eigenvalue weighted by atomic mass is 19.4. The molecule has 1 aliphatic rings. The Balaban J connectivity index is 1.80. The van der Waals surface area contributed by atoms with E-state index in [9.17, 15) is 18.0 Å². The molecule has 0 unspecified atom stereocenters. The van der Waals surface area contributed by atoms with Gasteiger partial charge in [-0.1, -0.05) is 31.4 Å². The summed E-state index contributed by atoms with van der Waals surface area (Å²) >= 11 is 0. The lowest BCUT2D eigenvalue weighted by Gasteiger charge is -2.23. The number of nitrogens with zero attached hydrogens (tertiary/aromatic N) is 1. The van der Waals surface area contributed by atoms with Crippen molar-refractivity contribution < 1.29 is 22.7 Å². The number of alkyl halides is 3. The fourth-order valence-corrected chi connectivity index (χ4v) is 3.06. The molecule has 0 aliphatic heterocycles. The Morgan fingerprint density at radius 3 is 2.45 bits per heavy atom. The minimum absolute atomic E-state index is 0.0614. The zero-order valence-electron chi connectivity index (χ0n) is 16.6. The van der Waals surface area contributed by atoms with Crippen molar-refractivity contribution in [2.24, 2.45) is 4.99 Å². The molecule has 1 amide bonds. The number of carbonyl (C=O) groups excluding carboxylic acids is 1. The van der Waals surface area contributed by atoms with Crippen molar-refractivity contribution >= 4 is 11.9 Å². The number of hydrogen-bond donors (Lipinski definition) is 3. The Labute approximate surface area is 169 Å². The first-order chi connectivity index (χ1) is 13.9. The summed E-state index contributed by atoms with van der Waals surface area (Å²) in [6.07, 6.45) is 1.24. The second-order valence-electron chi connectivity index (χ2n) is 7.00. The zero-order chi connectivity index (χ0) is 21.1. The topological polar surface area (TPSA) is 74.8 Å². The van der Waals surface area contributed by atoms with Gasteiger partial charge in [-0.25, -0.2) is 4.99 Å². The summed E-state index contributed by atoms with van der Waals surface area (Å²) < 4.78 is 41.2. The van der Waals surface area contributed by atoms with Gasteiger partial charge in [-0.2, -0.15) is 13.2 Å². The van der Waals surface area contributed by atoms with Crippen LogP contribution in [0.3, 0.4) is 0 Å². The van der Waals surface area contributed by atoms with Crippen molar-refractivity contribution in [2.45, 2.75) is 57.8 Å². The number of carbonyl (C=O) groups is 1. The molecule has 1 fully saturated rings. The molecular formula is C20H29F3N4O2. The average Bonchev–Trinajstić information content (AvgIpc) is 2.69. The average molecular weight is 414 g/mol. The second-order valence-corrected chi connectivity index (χ2v) is 7.00. The van der Waals surface area contributed by atoms with Gasteiger partial charge in [0.2, 0.25) is 5.91 Å². The lowest BCUT2D eigenvalue weighted by Crippen LogP contribution is -2.46. The van der Waals surface area contributed by atoms with Crippen LogP contribution in [0.4, 0.5) is 13.2 Å². The maximum absolute atomic E-state index is 12.2. The number of halogens is 3. The van der Waals surface area contributed by atoms with Crippen LogP contribution in [-0.2, 0) is 11.3 Å². The van der Waals surface area contributed by atoms with Gasteiger partial charge in [-0.15, -0.1) is 0 Å². The van der Waals surface area contributed by atoms with Gasteiger partial charge in [0.05, 0.1) is 13.1 Å². The molecule has 0 saturated heterocycles. The van der Waals surface area contributed by atoms with Gasteiger partial charge in [0.1, 0.15) is 5.75 Å². The smallest absolute Gasteiger partial charge is 0.422 e. The van der Waals surface area contributed by atoms with Crippen LogP contribution in [0.1, 0.15) is 44.6 Å². The maximum atomic E-state index is 12.2. The van der Waals surface area contributed by atoms with Crippen LogP contribution in [0.5, 0.6) is 5.75 Å². The molecule has 162 valence electrons. The largest absolute Gasteiger partial charge is 0.484 e. The van der Waals surface area contributed by atoms with Crippen LogP contribution in [0.25, 0.3) is 0 Å². The Morgan fingerprint density at radius 2 is 1.83 bits per heavy atom. The van der Waals surface area contributed by atoms with E-state index in [1.807, 2.05) is 6.92 Å². The van der Waals surface area contributed by atoms with E-state index < -0.39 is 12.8 Å². The van der Waals surface area contributed by atoms with Crippen LogP contribution >= 0.6 is 0 Å². The fraction of sp³-hybridized carbons (Fsp3) is 0.600. The standard InChI is InChI=1S/C20H29F3N4O2/c1-2-24-19(26-13-18(28)27-16-6-4-3-5-7-16)25-12-15-8-10-17(11-9-15)29-14-20(21,22)23/h8-11,16H,2-7,12-14H2,1H3,(H,27,28)(H2,24,25,26). The predicted octanol–water partition coefficient (Wildman–Crippen LogP) is 3.13. The molecular weight excluding hydrogens is 385 g/mol. The number of ether oxygens (including phenoxy) is 1. The van der Waals surface area contributed by atoms with E-state index in [0.717, 1.165) is 31.2 Å².